The number of ether oxygens (including phenoxy) is 1. The number of benzene rings is 1. The van der Waals surface area contributed by atoms with E-state index in [-0.39, 0.29) is 18.3 Å². The first-order valence-corrected chi connectivity index (χ1v) is 7.41. The van der Waals surface area contributed by atoms with Crippen molar-refractivity contribution in [2.45, 2.75) is 6.54 Å². The number of nitrogens with one attached hydrogen (secondary N) is 1. The summed E-state index contributed by atoms with van der Waals surface area (Å²) in [5.74, 6) is -0.751. The maximum absolute atomic E-state index is 13.4. The fourth-order valence-corrected chi connectivity index (χ4v) is 2.13. The topological polar surface area (TPSA) is 69.3 Å². The molecule has 0 aliphatic carbocycles. The molecule has 0 spiro atoms. The summed E-state index contributed by atoms with van der Waals surface area (Å²) >= 11 is 0. The Hall–Kier alpha value is -3.09. The second kappa shape index (κ2) is 7.45. The monoisotopic (exact) mass is 329 g/mol. The molecule has 0 saturated heterocycles. The van der Waals surface area contributed by atoms with Crippen LogP contribution in [0.5, 0.6) is 5.75 Å². The zero-order valence-corrected chi connectivity index (χ0v) is 12.8. The van der Waals surface area contributed by atoms with Crippen LogP contribution in [0.3, 0.4) is 0 Å². The average molecular weight is 329 g/mol. The Morgan fingerprint density at radius 1 is 1.29 bits per heavy atom. The number of para-hydroxylation sites is 1. The van der Waals surface area contributed by atoms with Crippen molar-refractivity contribution >= 4 is 5.91 Å². The van der Waals surface area contributed by atoms with E-state index in [2.05, 4.69) is 10.4 Å². The summed E-state index contributed by atoms with van der Waals surface area (Å²) in [5, 5.41) is 6.92. The molecular formula is C17H16FN3O3. The van der Waals surface area contributed by atoms with Gasteiger partial charge in [0.15, 0.2) is 18.2 Å². The summed E-state index contributed by atoms with van der Waals surface area (Å²) in [6.45, 7) is 0.676. The van der Waals surface area contributed by atoms with Crippen LogP contribution in [0, 0.1) is 5.82 Å². The molecule has 0 saturated carbocycles. The number of rotatable bonds is 7. The maximum atomic E-state index is 13.4. The van der Waals surface area contributed by atoms with E-state index in [4.69, 9.17) is 9.15 Å². The van der Waals surface area contributed by atoms with Crippen molar-refractivity contribution < 1.29 is 18.3 Å². The van der Waals surface area contributed by atoms with Gasteiger partial charge in [0.05, 0.1) is 25.3 Å². The molecule has 7 heteroatoms. The van der Waals surface area contributed by atoms with Crippen LogP contribution in [-0.4, -0.2) is 28.8 Å². The van der Waals surface area contributed by atoms with E-state index in [0.717, 1.165) is 11.1 Å². The highest BCUT2D eigenvalue weighted by Gasteiger charge is 2.07. The van der Waals surface area contributed by atoms with Gasteiger partial charge in [0, 0.05) is 23.9 Å². The van der Waals surface area contributed by atoms with Crippen LogP contribution >= 0.6 is 0 Å². The van der Waals surface area contributed by atoms with Crippen molar-refractivity contribution in [3.05, 3.63) is 61.1 Å². The SMILES string of the molecule is O=C(COc1ccccc1F)NCCn1cc(-c2ccoc2)cn1. The zero-order valence-electron chi connectivity index (χ0n) is 12.8. The molecule has 1 amide bonds. The van der Waals surface area contributed by atoms with Crippen LogP contribution < -0.4 is 10.1 Å². The molecular weight excluding hydrogens is 313 g/mol. The molecule has 0 radical (unpaired) electrons. The van der Waals surface area contributed by atoms with E-state index in [9.17, 15) is 9.18 Å². The summed E-state index contributed by atoms with van der Waals surface area (Å²) in [4.78, 5) is 11.7. The molecule has 0 fully saturated rings. The third-order valence-corrected chi connectivity index (χ3v) is 3.35. The van der Waals surface area contributed by atoms with E-state index >= 15 is 0 Å². The number of hydrogen-bond acceptors (Lipinski definition) is 4. The van der Waals surface area contributed by atoms with Gasteiger partial charge in [-0.05, 0) is 18.2 Å². The molecule has 2 aromatic heterocycles. The Morgan fingerprint density at radius 2 is 2.17 bits per heavy atom. The average Bonchev–Trinajstić information content (AvgIpc) is 3.25. The molecule has 3 aromatic rings. The highest BCUT2D eigenvalue weighted by Crippen LogP contribution is 2.18. The number of hydrogen-bond donors (Lipinski definition) is 1. The van der Waals surface area contributed by atoms with Crippen LogP contribution in [0.25, 0.3) is 11.1 Å². The Kier molecular flexibility index (Phi) is 4.90. The van der Waals surface area contributed by atoms with Gasteiger partial charge in [-0.3, -0.25) is 9.48 Å². The first kappa shape index (κ1) is 15.8. The lowest BCUT2D eigenvalue weighted by atomic mass is 10.2. The van der Waals surface area contributed by atoms with Crippen LogP contribution in [0.4, 0.5) is 4.39 Å². The maximum Gasteiger partial charge on any atom is 0.258 e. The van der Waals surface area contributed by atoms with Crippen molar-refractivity contribution in [2.75, 3.05) is 13.2 Å². The zero-order chi connectivity index (χ0) is 16.8. The number of nitrogens with zero attached hydrogens (tertiary/aromatic N) is 2. The fraction of sp³-hybridized carbons (Fsp3) is 0.176. The Balaban J connectivity index is 1.41. The van der Waals surface area contributed by atoms with Crippen LogP contribution in [-0.2, 0) is 11.3 Å². The first-order valence-electron chi connectivity index (χ1n) is 7.41. The minimum Gasteiger partial charge on any atom is -0.481 e. The van der Waals surface area contributed by atoms with E-state index in [1.54, 1.807) is 35.5 Å². The van der Waals surface area contributed by atoms with E-state index in [1.807, 2.05) is 12.3 Å². The molecule has 1 aromatic carbocycles. The molecule has 24 heavy (non-hydrogen) atoms. The van der Waals surface area contributed by atoms with Crippen LogP contribution in [0.2, 0.25) is 0 Å². The molecule has 0 aliphatic rings. The fourth-order valence-electron chi connectivity index (χ4n) is 2.13. The van der Waals surface area contributed by atoms with Crippen molar-refractivity contribution in [1.29, 1.82) is 0 Å². The number of amides is 1. The molecule has 6 nitrogen and oxygen atoms in total. The number of halogens is 1. The molecule has 0 aliphatic heterocycles. The van der Waals surface area contributed by atoms with Crippen molar-refractivity contribution in [2.24, 2.45) is 0 Å². The van der Waals surface area contributed by atoms with Gasteiger partial charge in [-0.2, -0.15) is 5.10 Å². The second-order valence-corrected chi connectivity index (χ2v) is 5.07. The van der Waals surface area contributed by atoms with Crippen molar-refractivity contribution in [1.82, 2.24) is 15.1 Å². The summed E-state index contributed by atoms with van der Waals surface area (Å²) in [7, 11) is 0. The molecule has 1 N–H and O–H groups in total. The Bertz CT molecular complexity index is 799. The van der Waals surface area contributed by atoms with E-state index < -0.39 is 5.82 Å². The van der Waals surface area contributed by atoms with Crippen LogP contribution in [0.15, 0.2) is 59.7 Å². The van der Waals surface area contributed by atoms with Gasteiger partial charge in [-0.1, -0.05) is 12.1 Å². The standard InChI is InChI=1S/C17H16FN3O3/c18-15-3-1-2-4-16(15)24-12-17(22)19-6-7-21-10-14(9-20-21)13-5-8-23-11-13/h1-5,8-11H,6-7,12H2,(H,19,22). The molecule has 0 atom stereocenters. The number of furan rings is 1. The largest absolute Gasteiger partial charge is 0.481 e. The minimum atomic E-state index is -0.492. The van der Waals surface area contributed by atoms with Crippen molar-refractivity contribution in [3.63, 3.8) is 0 Å². The Labute approximate surface area is 137 Å². The first-order chi connectivity index (χ1) is 11.7. The summed E-state index contributed by atoms with van der Waals surface area (Å²) < 4.78 is 25.2. The summed E-state index contributed by atoms with van der Waals surface area (Å²) in [5.41, 5.74) is 1.89. The number of carbonyl (C=O) groups is 1. The van der Waals surface area contributed by atoms with Crippen molar-refractivity contribution in [3.8, 4) is 16.9 Å². The van der Waals surface area contributed by atoms with Gasteiger partial charge < -0.3 is 14.5 Å². The number of aromatic nitrogens is 2. The predicted octanol–water partition coefficient (Wildman–Crippen LogP) is 2.48. The van der Waals surface area contributed by atoms with E-state index in [1.165, 1.54) is 12.1 Å². The third kappa shape index (κ3) is 4.01. The quantitative estimate of drug-likeness (QED) is 0.723. The minimum absolute atomic E-state index is 0.0597. The van der Waals surface area contributed by atoms with Crippen LogP contribution in [0.1, 0.15) is 0 Å². The lowest BCUT2D eigenvalue weighted by molar-refractivity contribution is -0.123. The lowest BCUT2D eigenvalue weighted by Gasteiger charge is -2.08. The van der Waals surface area contributed by atoms with E-state index in [0.29, 0.717) is 13.1 Å². The highest BCUT2D eigenvalue weighted by atomic mass is 19.1. The third-order valence-electron chi connectivity index (χ3n) is 3.35. The summed E-state index contributed by atoms with van der Waals surface area (Å²) in [6.07, 6.45) is 6.84. The highest BCUT2D eigenvalue weighted by molar-refractivity contribution is 5.77. The molecule has 0 unspecified atom stereocenters. The van der Waals surface area contributed by atoms with Gasteiger partial charge in [0.25, 0.3) is 5.91 Å². The van der Waals surface area contributed by atoms with Gasteiger partial charge in [-0.25, -0.2) is 4.39 Å². The normalized spacial score (nSPS) is 10.5. The summed E-state index contributed by atoms with van der Waals surface area (Å²) in [6, 6.07) is 7.81. The van der Waals surface area contributed by atoms with Gasteiger partial charge >= 0.3 is 0 Å². The second-order valence-electron chi connectivity index (χ2n) is 5.07. The number of carbonyl (C=O) groups excluding carboxylic acids is 1. The molecule has 3 rings (SSSR count). The smallest absolute Gasteiger partial charge is 0.258 e. The lowest BCUT2D eigenvalue weighted by Crippen LogP contribution is -2.31. The molecule has 124 valence electrons. The van der Waals surface area contributed by atoms with Gasteiger partial charge in [0.2, 0.25) is 0 Å². The van der Waals surface area contributed by atoms with Gasteiger partial charge in [-0.15, -0.1) is 0 Å². The Morgan fingerprint density at radius 3 is 2.96 bits per heavy atom. The predicted molar refractivity (Wildman–Crippen MR) is 84.8 cm³/mol. The molecule has 2 heterocycles. The molecule has 0 bridgehead atoms. The van der Waals surface area contributed by atoms with Gasteiger partial charge in [0.1, 0.15) is 0 Å².